The average Bonchev–Trinajstić information content (AvgIpc) is 3.87. The normalized spacial score (nSPS) is 15.9. The standard InChI is InChI=1S/C34H38N4O4S3/c1-5-9-11-19(7-3)15-37-31(39)23-17-43-29(25(23)33(37)41)21-13-14-22(28-27(21)35-45-36-28)30-26-24(18-44-30)32(40)38(34(26)42)16-20(8-4)12-10-6-2/h13-14,17-20H,5-12,15-16H2,1-4H3. The van der Waals surface area contributed by atoms with E-state index in [9.17, 15) is 19.2 Å². The maximum absolute atomic E-state index is 13.7. The first-order valence-corrected chi connectivity index (χ1v) is 18.5. The van der Waals surface area contributed by atoms with Crippen molar-refractivity contribution in [3.05, 3.63) is 45.1 Å². The quantitative estimate of drug-likeness (QED) is 0.125. The first kappa shape index (κ1) is 31.7. The highest BCUT2D eigenvalue weighted by atomic mass is 32.1. The van der Waals surface area contributed by atoms with Crippen molar-refractivity contribution in [3.63, 3.8) is 0 Å². The van der Waals surface area contributed by atoms with Gasteiger partial charge in [-0.15, -0.1) is 22.7 Å². The lowest BCUT2D eigenvalue weighted by atomic mass is 9.98. The molecule has 4 aromatic rings. The Labute approximate surface area is 275 Å². The van der Waals surface area contributed by atoms with E-state index in [1.807, 2.05) is 12.1 Å². The van der Waals surface area contributed by atoms with E-state index in [0.29, 0.717) is 56.1 Å². The summed E-state index contributed by atoms with van der Waals surface area (Å²) in [5.41, 5.74) is 4.53. The fraction of sp³-hybridized carbons (Fsp3) is 0.471. The monoisotopic (exact) mass is 662 g/mol. The number of benzene rings is 1. The first-order chi connectivity index (χ1) is 21.8. The number of hydrogen-bond acceptors (Lipinski definition) is 9. The fourth-order valence-electron chi connectivity index (χ4n) is 6.51. The summed E-state index contributed by atoms with van der Waals surface area (Å²) in [6.45, 7) is 9.39. The van der Waals surface area contributed by atoms with Gasteiger partial charge in [0.05, 0.1) is 43.7 Å². The summed E-state index contributed by atoms with van der Waals surface area (Å²) < 4.78 is 9.24. The third kappa shape index (κ3) is 5.46. The summed E-state index contributed by atoms with van der Waals surface area (Å²) in [6, 6.07) is 3.81. The molecule has 0 fully saturated rings. The molecule has 1 aromatic carbocycles. The van der Waals surface area contributed by atoms with Crippen LogP contribution in [0.15, 0.2) is 22.9 Å². The van der Waals surface area contributed by atoms with E-state index >= 15 is 0 Å². The third-order valence-electron chi connectivity index (χ3n) is 9.32. The molecule has 5 heterocycles. The number of nitrogens with zero attached hydrogens (tertiary/aromatic N) is 4. The molecule has 0 bridgehead atoms. The van der Waals surface area contributed by atoms with Gasteiger partial charge in [-0.1, -0.05) is 78.4 Å². The zero-order valence-electron chi connectivity index (χ0n) is 26.2. The van der Waals surface area contributed by atoms with Gasteiger partial charge in [-0.3, -0.25) is 29.0 Å². The topological polar surface area (TPSA) is 101 Å². The van der Waals surface area contributed by atoms with Gasteiger partial charge < -0.3 is 0 Å². The van der Waals surface area contributed by atoms with Crippen LogP contribution in [0.5, 0.6) is 0 Å². The molecule has 0 N–H and O–H groups in total. The summed E-state index contributed by atoms with van der Waals surface area (Å²) >= 11 is 3.82. The number of unbranched alkanes of at least 4 members (excludes halogenated alkanes) is 2. The minimum absolute atomic E-state index is 0.224. The zero-order valence-corrected chi connectivity index (χ0v) is 28.6. The molecular formula is C34H38N4O4S3. The van der Waals surface area contributed by atoms with E-state index in [2.05, 4.69) is 36.4 Å². The summed E-state index contributed by atoms with van der Waals surface area (Å²) in [5.74, 6) is -0.371. The Kier molecular flexibility index (Phi) is 9.31. The number of amides is 4. The molecule has 3 aromatic heterocycles. The van der Waals surface area contributed by atoms with Gasteiger partial charge in [-0.25, -0.2) is 0 Å². The molecule has 0 saturated carbocycles. The van der Waals surface area contributed by atoms with Crippen LogP contribution in [0.3, 0.4) is 0 Å². The number of carbonyl (C=O) groups excluding carboxylic acids is 4. The van der Waals surface area contributed by atoms with Crippen LogP contribution < -0.4 is 0 Å². The highest BCUT2D eigenvalue weighted by molar-refractivity contribution is 7.15. The van der Waals surface area contributed by atoms with Gasteiger partial charge >= 0.3 is 0 Å². The van der Waals surface area contributed by atoms with Crippen molar-refractivity contribution < 1.29 is 19.2 Å². The lowest BCUT2D eigenvalue weighted by Crippen LogP contribution is -2.34. The second-order valence-electron chi connectivity index (χ2n) is 12.1. The highest BCUT2D eigenvalue weighted by Gasteiger charge is 2.42. The Morgan fingerprint density at radius 1 is 0.622 bits per heavy atom. The van der Waals surface area contributed by atoms with Crippen LogP contribution in [-0.4, -0.2) is 55.3 Å². The minimum Gasteiger partial charge on any atom is -0.274 e. The SMILES string of the molecule is CCCCC(CC)CN1C(=O)c2csc(-c3ccc(-c4scc5c4C(=O)N(CC(CC)CCCC)C5=O)c4nsnc34)c2C1=O. The van der Waals surface area contributed by atoms with Crippen LogP contribution >= 0.6 is 34.4 Å². The highest BCUT2D eigenvalue weighted by Crippen LogP contribution is 2.45. The molecule has 2 unspecified atom stereocenters. The molecule has 2 atom stereocenters. The Morgan fingerprint density at radius 3 is 1.42 bits per heavy atom. The molecule has 2 aliphatic heterocycles. The Hall–Kier alpha value is -3.28. The number of aromatic nitrogens is 2. The van der Waals surface area contributed by atoms with E-state index in [0.717, 1.165) is 74.2 Å². The molecule has 0 radical (unpaired) electrons. The molecule has 236 valence electrons. The predicted molar refractivity (Wildman–Crippen MR) is 181 cm³/mol. The number of thiophene rings is 2. The van der Waals surface area contributed by atoms with Gasteiger partial charge in [0, 0.05) is 35.0 Å². The van der Waals surface area contributed by atoms with E-state index < -0.39 is 0 Å². The molecule has 45 heavy (non-hydrogen) atoms. The fourth-order valence-corrected chi connectivity index (χ4v) is 9.21. The van der Waals surface area contributed by atoms with Gasteiger partial charge in [0.25, 0.3) is 23.6 Å². The molecule has 11 heteroatoms. The van der Waals surface area contributed by atoms with Gasteiger partial charge in [0.2, 0.25) is 0 Å². The van der Waals surface area contributed by atoms with Crippen molar-refractivity contribution >= 4 is 69.1 Å². The average molecular weight is 663 g/mol. The van der Waals surface area contributed by atoms with Crippen molar-refractivity contribution in [2.24, 2.45) is 11.8 Å². The van der Waals surface area contributed by atoms with Crippen LogP contribution in [0.25, 0.3) is 31.9 Å². The summed E-state index contributed by atoms with van der Waals surface area (Å²) in [5, 5.41) is 3.57. The number of carbonyl (C=O) groups is 4. The Morgan fingerprint density at radius 2 is 1.04 bits per heavy atom. The van der Waals surface area contributed by atoms with Crippen molar-refractivity contribution in [1.82, 2.24) is 18.5 Å². The number of hydrogen-bond donors (Lipinski definition) is 0. The van der Waals surface area contributed by atoms with Crippen molar-refractivity contribution in [3.8, 4) is 20.9 Å². The second-order valence-corrected chi connectivity index (χ2v) is 14.4. The number of imide groups is 2. The predicted octanol–water partition coefficient (Wildman–Crippen LogP) is 8.77. The molecular weight excluding hydrogens is 625 g/mol. The van der Waals surface area contributed by atoms with Crippen LogP contribution in [0.2, 0.25) is 0 Å². The summed E-state index contributed by atoms with van der Waals surface area (Å²) in [4.78, 5) is 58.4. The maximum atomic E-state index is 13.7. The second kappa shape index (κ2) is 13.2. The van der Waals surface area contributed by atoms with Crippen LogP contribution in [0, 0.1) is 11.8 Å². The van der Waals surface area contributed by atoms with Gasteiger partial charge in [-0.05, 0) is 24.7 Å². The molecule has 8 nitrogen and oxygen atoms in total. The number of rotatable bonds is 14. The molecule has 0 spiro atoms. The van der Waals surface area contributed by atoms with E-state index in [1.165, 1.54) is 32.5 Å². The van der Waals surface area contributed by atoms with Gasteiger partial charge in [0.1, 0.15) is 11.0 Å². The van der Waals surface area contributed by atoms with E-state index in [-0.39, 0.29) is 35.5 Å². The molecule has 0 saturated heterocycles. The smallest absolute Gasteiger partial charge is 0.263 e. The minimum atomic E-state index is -0.244. The van der Waals surface area contributed by atoms with Gasteiger partial charge in [0.15, 0.2) is 0 Å². The lowest BCUT2D eigenvalue weighted by molar-refractivity contribution is 0.0609. The Balaban J connectivity index is 1.32. The van der Waals surface area contributed by atoms with Crippen LogP contribution in [0.1, 0.15) is 120 Å². The van der Waals surface area contributed by atoms with Crippen LogP contribution in [0.4, 0.5) is 0 Å². The number of fused-ring (bicyclic) bond motifs is 3. The van der Waals surface area contributed by atoms with Crippen molar-refractivity contribution in [2.75, 3.05) is 13.1 Å². The van der Waals surface area contributed by atoms with Crippen molar-refractivity contribution in [2.45, 2.75) is 79.1 Å². The van der Waals surface area contributed by atoms with Crippen molar-refractivity contribution in [1.29, 1.82) is 0 Å². The van der Waals surface area contributed by atoms with E-state index in [4.69, 9.17) is 0 Å². The molecule has 6 rings (SSSR count). The summed E-state index contributed by atoms with van der Waals surface area (Å²) in [7, 11) is 0. The first-order valence-electron chi connectivity index (χ1n) is 16.1. The lowest BCUT2D eigenvalue weighted by Gasteiger charge is -2.21. The van der Waals surface area contributed by atoms with Crippen LogP contribution in [-0.2, 0) is 0 Å². The zero-order chi connectivity index (χ0) is 31.8. The molecule has 0 aliphatic carbocycles. The maximum Gasteiger partial charge on any atom is 0.263 e. The Bertz CT molecular complexity index is 1660. The largest absolute Gasteiger partial charge is 0.274 e. The molecule has 4 amide bonds. The summed E-state index contributed by atoms with van der Waals surface area (Å²) in [6.07, 6.45) is 8.13. The van der Waals surface area contributed by atoms with Gasteiger partial charge in [-0.2, -0.15) is 8.75 Å². The van der Waals surface area contributed by atoms with E-state index in [1.54, 1.807) is 10.8 Å². The molecule has 2 aliphatic rings. The third-order valence-corrected chi connectivity index (χ3v) is 11.9.